The van der Waals surface area contributed by atoms with Crippen LogP contribution in [0.3, 0.4) is 0 Å². The van der Waals surface area contributed by atoms with E-state index in [0.717, 1.165) is 22.6 Å². The molecule has 2 rings (SSSR count). The van der Waals surface area contributed by atoms with Crippen molar-refractivity contribution in [3.63, 3.8) is 0 Å². The van der Waals surface area contributed by atoms with Crippen molar-refractivity contribution in [2.24, 2.45) is 0 Å². The molecular weight excluding hydrogens is 252 g/mol. The van der Waals surface area contributed by atoms with E-state index in [9.17, 15) is 4.79 Å². The van der Waals surface area contributed by atoms with Crippen molar-refractivity contribution in [3.8, 4) is 11.5 Å². The minimum Gasteiger partial charge on any atom is -0.497 e. The first-order chi connectivity index (χ1) is 9.72. The molecule has 0 aromatic heterocycles. The van der Waals surface area contributed by atoms with E-state index in [1.165, 1.54) is 0 Å². The summed E-state index contributed by atoms with van der Waals surface area (Å²) in [4.78, 5) is 12.2. The molecule has 0 saturated carbocycles. The first-order valence-electron chi connectivity index (χ1n) is 6.49. The van der Waals surface area contributed by atoms with Crippen LogP contribution in [0.25, 0.3) is 0 Å². The highest BCUT2D eigenvalue weighted by atomic mass is 16.5. The van der Waals surface area contributed by atoms with Crippen molar-refractivity contribution in [1.82, 2.24) is 0 Å². The monoisotopic (exact) mass is 270 g/mol. The number of methoxy groups -OCH3 is 2. The molecule has 0 amide bonds. The summed E-state index contributed by atoms with van der Waals surface area (Å²) in [6.45, 7) is 0. The summed E-state index contributed by atoms with van der Waals surface area (Å²) >= 11 is 0. The molecule has 0 spiro atoms. The Morgan fingerprint density at radius 1 is 0.950 bits per heavy atom. The Balaban J connectivity index is 2.05. The maximum absolute atomic E-state index is 12.2. The van der Waals surface area contributed by atoms with Gasteiger partial charge in [-0.05, 0) is 23.8 Å². The second-order valence-electron chi connectivity index (χ2n) is 4.56. The van der Waals surface area contributed by atoms with E-state index in [-0.39, 0.29) is 5.78 Å². The predicted octanol–water partition coefficient (Wildman–Crippen LogP) is 3.06. The molecule has 0 fully saturated rings. The minimum absolute atomic E-state index is 0.155. The molecule has 0 saturated heterocycles. The van der Waals surface area contributed by atoms with Crippen LogP contribution in [-0.2, 0) is 17.6 Å². The average Bonchev–Trinajstić information content (AvgIpc) is 2.48. The van der Waals surface area contributed by atoms with Gasteiger partial charge in [-0.3, -0.25) is 4.79 Å². The lowest BCUT2D eigenvalue weighted by Crippen LogP contribution is -2.07. The summed E-state index contributed by atoms with van der Waals surface area (Å²) in [5, 5.41) is 0. The van der Waals surface area contributed by atoms with Gasteiger partial charge in [-0.2, -0.15) is 0 Å². The largest absolute Gasteiger partial charge is 0.497 e. The van der Waals surface area contributed by atoms with Crippen molar-refractivity contribution >= 4 is 5.78 Å². The van der Waals surface area contributed by atoms with Gasteiger partial charge in [0.05, 0.1) is 14.2 Å². The molecule has 3 heteroatoms. The fraction of sp³-hybridized carbons (Fsp3) is 0.235. The quantitative estimate of drug-likeness (QED) is 0.809. The van der Waals surface area contributed by atoms with Crippen LogP contribution in [0.15, 0.2) is 48.5 Å². The first-order valence-corrected chi connectivity index (χ1v) is 6.49. The van der Waals surface area contributed by atoms with E-state index >= 15 is 0 Å². The van der Waals surface area contributed by atoms with Crippen molar-refractivity contribution in [1.29, 1.82) is 0 Å². The number of Topliss-reactive ketones (excluding diaryl/α,β-unsaturated/α-hetero) is 1. The van der Waals surface area contributed by atoms with Gasteiger partial charge in [-0.25, -0.2) is 0 Å². The Morgan fingerprint density at radius 2 is 1.75 bits per heavy atom. The second kappa shape index (κ2) is 6.75. The SMILES string of the molecule is COc1cccc(CC(=O)Cc2ccccc2OC)c1. The number of carbonyl (C=O) groups excluding carboxylic acids is 1. The summed E-state index contributed by atoms with van der Waals surface area (Å²) in [6.07, 6.45) is 0.774. The third-order valence-electron chi connectivity index (χ3n) is 3.12. The lowest BCUT2D eigenvalue weighted by atomic mass is 10.0. The molecule has 2 aromatic rings. The molecular formula is C17H18O3. The van der Waals surface area contributed by atoms with E-state index < -0.39 is 0 Å². The summed E-state index contributed by atoms with van der Waals surface area (Å²) in [5.74, 6) is 1.68. The number of para-hydroxylation sites is 1. The van der Waals surface area contributed by atoms with Gasteiger partial charge in [0.25, 0.3) is 0 Å². The van der Waals surface area contributed by atoms with Gasteiger partial charge in [0.2, 0.25) is 0 Å². The van der Waals surface area contributed by atoms with Crippen LogP contribution in [0, 0.1) is 0 Å². The molecule has 20 heavy (non-hydrogen) atoms. The van der Waals surface area contributed by atoms with Gasteiger partial charge in [0.1, 0.15) is 17.3 Å². The summed E-state index contributed by atoms with van der Waals surface area (Å²) < 4.78 is 10.4. The Morgan fingerprint density at radius 3 is 2.50 bits per heavy atom. The number of carbonyl (C=O) groups is 1. The van der Waals surface area contributed by atoms with Crippen LogP contribution >= 0.6 is 0 Å². The minimum atomic E-state index is 0.155. The normalized spacial score (nSPS) is 10.1. The van der Waals surface area contributed by atoms with E-state index in [0.29, 0.717) is 12.8 Å². The molecule has 0 aliphatic heterocycles. The standard InChI is InChI=1S/C17H18O3/c1-19-16-8-5-6-13(11-16)10-15(18)12-14-7-3-4-9-17(14)20-2/h3-9,11H,10,12H2,1-2H3. The smallest absolute Gasteiger partial charge is 0.141 e. The summed E-state index contributed by atoms with van der Waals surface area (Å²) in [7, 11) is 3.24. The van der Waals surface area contributed by atoms with Crippen molar-refractivity contribution in [2.75, 3.05) is 14.2 Å². The third kappa shape index (κ3) is 3.60. The lowest BCUT2D eigenvalue weighted by Gasteiger charge is -2.08. The van der Waals surface area contributed by atoms with Crippen molar-refractivity contribution in [3.05, 3.63) is 59.7 Å². The molecule has 104 valence electrons. The van der Waals surface area contributed by atoms with E-state index in [1.54, 1.807) is 14.2 Å². The van der Waals surface area contributed by atoms with Crippen LogP contribution in [0.4, 0.5) is 0 Å². The maximum atomic E-state index is 12.2. The number of hydrogen-bond acceptors (Lipinski definition) is 3. The number of ketones is 1. The third-order valence-corrected chi connectivity index (χ3v) is 3.12. The highest BCUT2D eigenvalue weighted by Crippen LogP contribution is 2.19. The van der Waals surface area contributed by atoms with Crippen molar-refractivity contribution < 1.29 is 14.3 Å². The number of ether oxygens (including phenoxy) is 2. The van der Waals surface area contributed by atoms with Gasteiger partial charge in [0.15, 0.2) is 0 Å². The Kier molecular flexibility index (Phi) is 4.77. The fourth-order valence-electron chi connectivity index (χ4n) is 2.13. The lowest BCUT2D eigenvalue weighted by molar-refractivity contribution is -0.117. The van der Waals surface area contributed by atoms with Gasteiger partial charge in [-0.1, -0.05) is 30.3 Å². The van der Waals surface area contributed by atoms with Crippen molar-refractivity contribution in [2.45, 2.75) is 12.8 Å². The van der Waals surface area contributed by atoms with Crippen LogP contribution in [0.1, 0.15) is 11.1 Å². The molecule has 0 N–H and O–H groups in total. The zero-order valence-electron chi connectivity index (χ0n) is 11.8. The average molecular weight is 270 g/mol. The van der Waals surface area contributed by atoms with Crippen LogP contribution < -0.4 is 9.47 Å². The highest BCUT2D eigenvalue weighted by Gasteiger charge is 2.09. The molecule has 0 unspecified atom stereocenters. The summed E-state index contributed by atoms with van der Waals surface area (Å²) in [5.41, 5.74) is 1.88. The van der Waals surface area contributed by atoms with E-state index in [1.807, 2.05) is 48.5 Å². The predicted molar refractivity (Wildman–Crippen MR) is 78.4 cm³/mol. The van der Waals surface area contributed by atoms with E-state index in [2.05, 4.69) is 0 Å². The molecule has 0 atom stereocenters. The molecule has 0 heterocycles. The number of hydrogen-bond donors (Lipinski definition) is 0. The topological polar surface area (TPSA) is 35.5 Å². The van der Waals surface area contributed by atoms with Gasteiger partial charge in [0, 0.05) is 18.4 Å². The van der Waals surface area contributed by atoms with Gasteiger partial charge < -0.3 is 9.47 Å². The summed E-state index contributed by atoms with van der Waals surface area (Å²) in [6, 6.07) is 15.2. The van der Waals surface area contributed by atoms with Crippen LogP contribution in [-0.4, -0.2) is 20.0 Å². The zero-order chi connectivity index (χ0) is 14.4. The molecule has 0 aliphatic rings. The molecule has 0 aliphatic carbocycles. The molecule has 0 radical (unpaired) electrons. The maximum Gasteiger partial charge on any atom is 0.141 e. The Bertz CT molecular complexity index is 590. The molecule has 2 aromatic carbocycles. The Hall–Kier alpha value is -2.29. The molecule has 3 nitrogen and oxygen atoms in total. The Labute approximate surface area is 119 Å². The number of rotatable bonds is 6. The molecule has 0 bridgehead atoms. The van der Waals surface area contributed by atoms with E-state index in [4.69, 9.17) is 9.47 Å². The van der Waals surface area contributed by atoms with Gasteiger partial charge in [-0.15, -0.1) is 0 Å². The van der Waals surface area contributed by atoms with Gasteiger partial charge >= 0.3 is 0 Å². The number of benzene rings is 2. The zero-order valence-corrected chi connectivity index (χ0v) is 11.8. The fourth-order valence-corrected chi connectivity index (χ4v) is 2.13. The van der Waals surface area contributed by atoms with Crippen LogP contribution in [0.5, 0.6) is 11.5 Å². The first kappa shape index (κ1) is 14.1. The second-order valence-corrected chi connectivity index (χ2v) is 4.56. The highest BCUT2D eigenvalue weighted by molar-refractivity contribution is 5.83. The van der Waals surface area contributed by atoms with Crippen LogP contribution in [0.2, 0.25) is 0 Å².